The summed E-state index contributed by atoms with van der Waals surface area (Å²) in [5, 5.41) is 3.17. The van der Waals surface area contributed by atoms with E-state index in [1.807, 2.05) is 13.0 Å². The number of hydrogen-bond acceptors (Lipinski definition) is 7. The SMILES string of the molecule is Cc1ccc(-c2cc(C(=O)OCC(=O)Nc3ccc(S(=O)(=O)N(C)C)cc3)c3ccccc3n2)o1. The van der Waals surface area contributed by atoms with Crippen molar-refractivity contribution in [3.8, 4) is 11.5 Å². The predicted octanol–water partition coefficient (Wildman–Crippen LogP) is 3.85. The summed E-state index contributed by atoms with van der Waals surface area (Å²) in [4.78, 5) is 29.9. The van der Waals surface area contributed by atoms with E-state index in [1.54, 1.807) is 36.4 Å². The summed E-state index contributed by atoms with van der Waals surface area (Å²) in [7, 11) is -0.706. The third kappa shape index (κ3) is 5.23. The van der Waals surface area contributed by atoms with Gasteiger partial charge in [0.25, 0.3) is 5.91 Å². The van der Waals surface area contributed by atoms with E-state index in [0.29, 0.717) is 33.8 Å². The maximum Gasteiger partial charge on any atom is 0.339 e. The van der Waals surface area contributed by atoms with Gasteiger partial charge in [-0.3, -0.25) is 4.79 Å². The molecule has 10 heteroatoms. The maximum atomic E-state index is 12.9. The second-order valence-electron chi connectivity index (χ2n) is 7.92. The molecule has 0 bridgehead atoms. The van der Waals surface area contributed by atoms with Crippen LogP contribution >= 0.6 is 0 Å². The molecular weight excluding hydrogens is 470 g/mol. The minimum Gasteiger partial charge on any atom is -0.460 e. The van der Waals surface area contributed by atoms with Gasteiger partial charge in [0.05, 0.1) is 16.0 Å². The fourth-order valence-electron chi connectivity index (χ4n) is 3.37. The number of pyridine rings is 1. The number of esters is 1. The Balaban J connectivity index is 1.47. The van der Waals surface area contributed by atoms with Crippen molar-refractivity contribution in [2.75, 3.05) is 26.0 Å². The number of carbonyl (C=O) groups excluding carboxylic acids is 2. The van der Waals surface area contributed by atoms with Crippen LogP contribution in [0.5, 0.6) is 0 Å². The molecule has 35 heavy (non-hydrogen) atoms. The van der Waals surface area contributed by atoms with Gasteiger partial charge in [0.1, 0.15) is 11.5 Å². The minimum absolute atomic E-state index is 0.0963. The monoisotopic (exact) mass is 493 g/mol. The highest BCUT2D eigenvalue weighted by Gasteiger charge is 2.19. The Morgan fingerprint density at radius 1 is 1.03 bits per heavy atom. The van der Waals surface area contributed by atoms with Crippen LogP contribution in [0.1, 0.15) is 16.1 Å². The Labute approximate surface area is 202 Å². The van der Waals surface area contributed by atoms with E-state index in [0.717, 1.165) is 4.31 Å². The van der Waals surface area contributed by atoms with Gasteiger partial charge >= 0.3 is 5.97 Å². The smallest absolute Gasteiger partial charge is 0.339 e. The van der Waals surface area contributed by atoms with Gasteiger partial charge in [-0.2, -0.15) is 0 Å². The number of nitrogens with zero attached hydrogens (tertiary/aromatic N) is 2. The van der Waals surface area contributed by atoms with Crippen molar-refractivity contribution in [2.45, 2.75) is 11.8 Å². The summed E-state index contributed by atoms with van der Waals surface area (Å²) in [6.45, 7) is 1.29. The summed E-state index contributed by atoms with van der Waals surface area (Å²) >= 11 is 0. The predicted molar refractivity (Wildman–Crippen MR) is 130 cm³/mol. The number of ether oxygens (including phenoxy) is 1. The number of hydrogen-bond donors (Lipinski definition) is 1. The van der Waals surface area contributed by atoms with E-state index < -0.39 is 28.5 Å². The lowest BCUT2D eigenvalue weighted by molar-refractivity contribution is -0.119. The van der Waals surface area contributed by atoms with E-state index in [9.17, 15) is 18.0 Å². The molecule has 1 N–H and O–H groups in total. The third-order valence-corrected chi connectivity index (χ3v) is 7.01. The van der Waals surface area contributed by atoms with Crippen molar-refractivity contribution >= 4 is 38.5 Å². The fourth-order valence-corrected chi connectivity index (χ4v) is 4.27. The maximum absolute atomic E-state index is 12.9. The van der Waals surface area contributed by atoms with Crippen molar-refractivity contribution in [1.82, 2.24) is 9.29 Å². The molecule has 9 nitrogen and oxygen atoms in total. The van der Waals surface area contributed by atoms with Crippen LogP contribution in [0.15, 0.2) is 76.0 Å². The van der Waals surface area contributed by atoms with E-state index in [-0.39, 0.29) is 10.5 Å². The molecule has 0 radical (unpaired) electrons. The Morgan fingerprint density at radius 2 is 1.74 bits per heavy atom. The molecule has 0 aliphatic carbocycles. The first-order valence-corrected chi connectivity index (χ1v) is 12.1. The van der Waals surface area contributed by atoms with E-state index in [1.165, 1.54) is 38.4 Å². The lowest BCUT2D eigenvalue weighted by atomic mass is 10.1. The topological polar surface area (TPSA) is 119 Å². The number of rotatable bonds is 7. The summed E-state index contributed by atoms with van der Waals surface area (Å²) < 4.78 is 36.3. The number of benzene rings is 2. The van der Waals surface area contributed by atoms with Crippen LogP contribution in [-0.2, 0) is 19.6 Å². The molecule has 0 unspecified atom stereocenters. The lowest BCUT2D eigenvalue weighted by Gasteiger charge is -2.12. The Bertz CT molecular complexity index is 1510. The zero-order chi connectivity index (χ0) is 25.2. The summed E-state index contributed by atoms with van der Waals surface area (Å²) in [6.07, 6.45) is 0. The van der Waals surface area contributed by atoms with Gasteiger partial charge in [0.15, 0.2) is 12.4 Å². The zero-order valence-electron chi connectivity index (χ0n) is 19.3. The Kier molecular flexibility index (Phi) is 6.68. The van der Waals surface area contributed by atoms with Gasteiger partial charge in [-0.05, 0) is 55.5 Å². The molecule has 0 spiro atoms. The molecular formula is C25H23N3O6S. The van der Waals surface area contributed by atoms with Gasteiger partial charge in [-0.15, -0.1) is 0 Å². The van der Waals surface area contributed by atoms with Crippen LogP contribution < -0.4 is 5.32 Å². The molecule has 1 amide bonds. The number of amides is 1. The molecule has 2 aromatic carbocycles. The van der Waals surface area contributed by atoms with Crippen LogP contribution in [0.3, 0.4) is 0 Å². The van der Waals surface area contributed by atoms with Crippen LogP contribution in [0.2, 0.25) is 0 Å². The van der Waals surface area contributed by atoms with Crippen molar-refractivity contribution in [3.63, 3.8) is 0 Å². The zero-order valence-corrected chi connectivity index (χ0v) is 20.1. The summed E-state index contributed by atoms with van der Waals surface area (Å²) in [5.41, 5.74) is 1.68. The number of aromatic nitrogens is 1. The molecule has 0 aliphatic rings. The first-order valence-electron chi connectivity index (χ1n) is 10.6. The Morgan fingerprint density at radius 3 is 2.40 bits per heavy atom. The van der Waals surface area contributed by atoms with E-state index in [2.05, 4.69) is 10.3 Å². The molecule has 180 valence electrons. The second kappa shape index (κ2) is 9.69. The number of sulfonamides is 1. The largest absolute Gasteiger partial charge is 0.460 e. The second-order valence-corrected chi connectivity index (χ2v) is 10.1. The average Bonchev–Trinajstić information content (AvgIpc) is 3.28. The first-order chi connectivity index (χ1) is 16.6. The van der Waals surface area contributed by atoms with Crippen LogP contribution in [0, 0.1) is 6.92 Å². The lowest BCUT2D eigenvalue weighted by Crippen LogP contribution is -2.22. The molecule has 2 heterocycles. The van der Waals surface area contributed by atoms with Gasteiger partial charge in [0, 0.05) is 25.2 Å². The van der Waals surface area contributed by atoms with E-state index in [4.69, 9.17) is 9.15 Å². The molecule has 4 aromatic rings. The van der Waals surface area contributed by atoms with Gasteiger partial charge in [0.2, 0.25) is 10.0 Å². The number of fused-ring (bicyclic) bond motifs is 1. The van der Waals surface area contributed by atoms with E-state index >= 15 is 0 Å². The molecule has 0 aliphatic heterocycles. The van der Waals surface area contributed by atoms with Crippen LogP contribution in [0.4, 0.5) is 5.69 Å². The number of aryl methyl sites for hydroxylation is 1. The van der Waals surface area contributed by atoms with Gasteiger partial charge in [-0.25, -0.2) is 22.5 Å². The normalized spacial score (nSPS) is 11.5. The highest BCUT2D eigenvalue weighted by atomic mass is 32.2. The number of para-hydroxylation sites is 1. The molecule has 4 rings (SSSR count). The van der Waals surface area contributed by atoms with Crippen molar-refractivity contribution in [1.29, 1.82) is 0 Å². The van der Waals surface area contributed by atoms with Crippen LogP contribution in [-0.4, -0.2) is 50.3 Å². The Hall–Kier alpha value is -4.02. The minimum atomic E-state index is -3.58. The van der Waals surface area contributed by atoms with Crippen molar-refractivity contribution in [2.24, 2.45) is 0 Å². The standard InChI is InChI=1S/C25H23N3O6S/c1-16-8-13-23(34-16)22-14-20(19-6-4-5-7-21(19)27-22)25(30)33-15-24(29)26-17-9-11-18(12-10-17)35(31,32)28(2)3/h4-14H,15H2,1-3H3,(H,26,29). The van der Waals surface area contributed by atoms with Crippen LogP contribution in [0.25, 0.3) is 22.4 Å². The van der Waals surface area contributed by atoms with Gasteiger partial charge < -0.3 is 14.5 Å². The molecule has 0 atom stereocenters. The number of nitrogens with one attached hydrogen (secondary N) is 1. The summed E-state index contributed by atoms with van der Waals surface area (Å²) in [5.74, 6) is -0.0274. The third-order valence-electron chi connectivity index (χ3n) is 5.18. The molecule has 0 saturated heterocycles. The molecule has 2 aromatic heterocycles. The number of furan rings is 1. The summed E-state index contributed by atoms with van der Waals surface area (Å²) in [6, 6.07) is 18.0. The quantitative estimate of drug-likeness (QED) is 0.389. The highest BCUT2D eigenvalue weighted by molar-refractivity contribution is 7.89. The number of carbonyl (C=O) groups is 2. The van der Waals surface area contributed by atoms with Crippen molar-refractivity contribution in [3.05, 3.63) is 78.1 Å². The molecule has 0 saturated carbocycles. The highest BCUT2D eigenvalue weighted by Crippen LogP contribution is 2.26. The average molecular weight is 494 g/mol. The number of anilines is 1. The van der Waals surface area contributed by atoms with Gasteiger partial charge in [-0.1, -0.05) is 18.2 Å². The van der Waals surface area contributed by atoms with Crippen molar-refractivity contribution < 1.29 is 27.2 Å². The fraction of sp³-hybridized carbons (Fsp3) is 0.160. The first kappa shape index (κ1) is 24.1. The molecule has 0 fully saturated rings.